The van der Waals surface area contributed by atoms with Gasteiger partial charge < -0.3 is 4.74 Å². The van der Waals surface area contributed by atoms with Crippen LogP contribution in [0, 0.1) is 0 Å². The van der Waals surface area contributed by atoms with E-state index >= 15 is 0 Å². The molecule has 0 spiro atoms. The van der Waals surface area contributed by atoms with Gasteiger partial charge in [-0.3, -0.25) is 0 Å². The lowest BCUT2D eigenvalue weighted by Gasteiger charge is -2.06. The molecule has 2 heterocycles. The lowest BCUT2D eigenvalue weighted by atomic mass is 10.1. The minimum absolute atomic E-state index is 0.237. The number of aromatic nitrogens is 3. The summed E-state index contributed by atoms with van der Waals surface area (Å²) in [6, 6.07) is 1.84. The van der Waals surface area contributed by atoms with Crippen molar-refractivity contribution >= 4 is 23.2 Å². The molecular weight excluding hydrogens is 254 g/mol. The van der Waals surface area contributed by atoms with Crippen molar-refractivity contribution in [1.29, 1.82) is 0 Å². The van der Waals surface area contributed by atoms with Crippen LogP contribution in [-0.4, -0.2) is 27.2 Å². The van der Waals surface area contributed by atoms with Crippen LogP contribution in [0.4, 0.5) is 0 Å². The molecule has 0 N–H and O–H groups in total. The fourth-order valence-corrected chi connectivity index (χ4v) is 1.98. The number of nitrogens with zero attached hydrogens (tertiary/aromatic N) is 3. The van der Waals surface area contributed by atoms with Gasteiger partial charge in [-0.2, -0.15) is 5.10 Å². The van der Waals surface area contributed by atoms with Gasteiger partial charge in [0.05, 0.1) is 12.8 Å². The van der Waals surface area contributed by atoms with Gasteiger partial charge in [0.15, 0.2) is 16.5 Å². The summed E-state index contributed by atoms with van der Waals surface area (Å²) >= 11 is 6.07. The molecule has 0 radical (unpaired) electrons. The highest BCUT2D eigenvalue weighted by Crippen LogP contribution is 2.23. The van der Waals surface area contributed by atoms with Crippen LogP contribution < -0.4 is 0 Å². The predicted octanol–water partition coefficient (Wildman–Crippen LogP) is 2.68. The van der Waals surface area contributed by atoms with Crippen LogP contribution in [0.1, 0.15) is 42.7 Å². The summed E-state index contributed by atoms with van der Waals surface area (Å²) in [7, 11) is 0. The van der Waals surface area contributed by atoms with E-state index in [-0.39, 0.29) is 11.6 Å². The fraction of sp³-hybridized carbons (Fsp3) is 0.417. The summed E-state index contributed by atoms with van der Waals surface area (Å²) in [5, 5.41) is 4.59. The number of carbonyl (C=O) groups is 1. The van der Waals surface area contributed by atoms with Crippen LogP contribution in [0.5, 0.6) is 0 Å². The predicted molar refractivity (Wildman–Crippen MR) is 68.0 cm³/mol. The number of ether oxygens (including phenoxy) is 1. The van der Waals surface area contributed by atoms with E-state index in [9.17, 15) is 4.79 Å². The second-order valence-electron chi connectivity index (χ2n) is 4.19. The van der Waals surface area contributed by atoms with Gasteiger partial charge in [-0.05, 0) is 24.5 Å². The Morgan fingerprint density at radius 2 is 2.28 bits per heavy atom. The highest BCUT2D eigenvalue weighted by molar-refractivity contribution is 6.30. The first-order valence-corrected chi connectivity index (χ1v) is 6.13. The van der Waals surface area contributed by atoms with Crippen LogP contribution >= 0.6 is 11.6 Å². The lowest BCUT2D eigenvalue weighted by molar-refractivity contribution is 0.0520. The summed E-state index contributed by atoms with van der Waals surface area (Å²) in [6.45, 7) is 6.11. The highest BCUT2D eigenvalue weighted by atomic mass is 35.5. The number of hydrogen-bond donors (Lipinski definition) is 0. The molecule has 5 nitrogen and oxygen atoms in total. The van der Waals surface area contributed by atoms with Gasteiger partial charge >= 0.3 is 5.97 Å². The zero-order valence-electron chi connectivity index (χ0n) is 10.5. The Morgan fingerprint density at radius 3 is 2.89 bits per heavy atom. The van der Waals surface area contributed by atoms with E-state index in [1.54, 1.807) is 6.92 Å². The van der Waals surface area contributed by atoms with Gasteiger partial charge in [-0.1, -0.05) is 25.4 Å². The van der Waals surface area contributed by atoms with Crippen molar-refractivity contribution in [2.24, 2.45) is 0 Å². The monoisotopic (exact) mass is 267 g/mol. The summed E-state index contributed by atoms with van der Waals surface area (Å²) in [5.74, 6) is -0.206. The van der Waals surface area contributed by atoms with Crippen LogP contribution in [0.2, 0.25) is 5.15 Å². The molecule has 2 aromatic heterocycles. The molecule has 0 aliphatic rings. The molecule has 2 rings (SSSR count). The van der Waals surface area contributed by atoms with E-state index in [1.807, 2.05) is 19.9 Å². The van der Waals surface area contributed by atoms with Crippen molar-refractivity contribution in [1.82, 2.24) is 14.6 Å². The van der Waals surface area contributed by atoms with Gasteiger partial charge in [-0.15, -0.1) is 0 Å². The van der Waals surface area contributed by atoms with E-state index < -0.39 is 5.97 Å². The fourth-order valence-electron chi connectivity index (χ4n) is 1.62. The van der Waals surface area contributed by atoms with Gasteiger partial charge in [0, 0.05) is 0 Å². The molecule has 0 unspecified atom stereocenters. The second-order valence-corrected chi connectivity index (χ2v) is 4.55. The number of hydrogen-bond acceptors (Lipinski definition) is 4. The molecule has 0 fully saturated rings. The Hall–Kier alpha value is -1.62. The third-order valence-electron chi connectivity index (χ3n) is 2.54. The number of esters is 1. The maximum atomic E-state index is 11.6. The zero-order valence-corrected chi connectivity index (χ0v) is 11.2. The molecule has 2 aromatic rings. The van der Waals surface area contributed by atoms with Crippen molar-refractivity contribution in [3.05, 3.63) is 28.7 Å². The molecule has 0 saturated heterocycles. The average Bonchev–Trinajstić information content (AvgIpc) is 2.70. The van der Waals surface area contributed by atoms with E-state index in [2.05, 4.69) is 10.1 Å². The summed E-state index contributed by atoms with van der Waals surface area (Å²) in [4.78, 5) is 15.7. The first-order valence-electron chi connectivity index (χ1n) is 5.76. The maximum absolute atomic E-state index is 11.6. The third-order valence-corrected chi connectivity index (χ3v) is 2.83. The first kappa shape index (κ1) is 12.8. The van der Waals surface area contributed by atoms with Crippen molar-refractivity contribution in [2.45, 2.75) is 26.7 Å². The lowest BCUT2D eigenvalue weighted by Crippen LogP contribution is -2.04. The minimum atomic E-state index is -0.454. The van der Waals surface area contributed by atoms with Crippen LogP contribution in [0.15, 0.2) is 12.3 Å². The molecule has 0 amide bonds. The summed E-state index contributed by atoms with van der Waals surface area (Å²) in [6.07, 6.45) is 1.52. The molecule has 0 aliphatic carbocycles. The number of halogens is 1. The van der Waals surface area contributed by atoms with Gasteiger partial charge in [0.2, 0.25) is 0 Å². The van der Waals surface area contributed by atoms with Gasteiger partial charge in [-0.25, -0.2) is 14.3 Å². The number of rotatable bonds is 3. The molecule has 0 bridgehead atoms. The quantitative estimate of drug-likeness (QED) is 0.803. The van der Waals surface area contributed by atoms with E-state index in [0.29, 0.717) is 17.4 Å². The van der Waals surface area contributed by atoms with Crippen molar-refractivity contribution in [3.63, 3.8) is 0 Å². The van der Waals surface area contributed by atoms with Crippen molar-refractivity contribution in [2.75, 3.05) is 6.61 Å². The Labute approximate surface area is 110 Å². The second kappa shape index (κ2) is 4.94. The van der Waals surface area contributed by atoms with E-state index in [4.69, 9.17) is 16.3 Å². The first-order chi connectivity index (χ1) is 8.52. The molecule has 0 aliphatic heterocycles. The van der Waals surface area contributed by atoms with Gasteiger partial charge in [0.25, 0.3) is 0 Å². The molecule has 96 valence electrons. The number of imidazole rings is 1. The molecular formula is C12H14ClN3O2. The minimum Gasteiger partial charge on any atom is -0.461 e. The van der Waals surface area contributed by atoms with E-state index in [1.165, 1.54) is 10.7 Å². The topological polar surface area (TPSA) is 56.5 Å². The molecule has 18 heavy (non-hydrogen) atoms. The van der Waals surface area contributed by atoms with Crippen LogP contribution in [0.25, 0.3) is 5.65 Å². The van der Waals surface area contributed by atoms with Crippen molar-refractivity contribution < 1.29 is 9.53 Å². The standard InChI is InChI=1S/C12H14ClN3O2/c1-4-18-12(17)9-6-16-10(14-9)5-8(7(2)3)11(13)15-16/h5-7H,4H2,1-3H3. The van der Waals surface area contributed by atoms with Gasteiger partial charge in [0.1, 0.15) is 0 Å². The Bertz CT molecular complexity index is 592. The Balaban J connectivity index is 2.48. The highest BCUT2D eigenvalue weighted by Gasteiger charge is 2.15. The van der Waals surface area contributed by atoms with Crippen LogP contribution in [0.3, 0.4) is 0 Å². The average molecular weight is 268 g/mol. The maximum Gasteiger partial charge on any atom is 0.358 e. The molecule has 0 aromatic carbocycles. The summed E-state index contributed by atoms with van der Waals surface area (Å²) < 4.78 is 6.38. The smallest absolute Gasteiger partial charge is 0.358 e. The molecule has 0 atom stereocenters. The third kappa shape index (κ3) is 2.31. The normalized spacial score (nSPS) is 11.2. The van der Waals surface area contributed by atoms with Crippen LogP contribution in [-0.2, 0) is 4.74 Å². The van der Waals surface area contributed by atoms with E-state index in [0.717, 1.165) is 5.56 Å². The Kier molecular flexibility index (Phi) is 3.52. The number of fused-ring (bicyclic) bond motifs is 1. The Morgan fingerprint density at radius 1 is 1.56 bits per heavy atom. The molecule has 6 heteroatoms. The zero-order chi connectivity index (χ0) is 13.3. The summed E-state index contributed by atoms with van der Waals surface area (Å²) in [5.41, 5.74) is 1.73. The molecule has 0 saturated carbocycles. The number of carbonyl (C=O) groups excluding carboxylic acids is 1. The SMILES string of the molecule is CCOC(=O)c1cn2nc(Cl)c(C(C)C)cc2n1. The largest absolute Gasteiger partial charge is 0.461 e. The van der Waals surface area contributed by atoms with Crippen molar-refractivity contribution in [3.8, 4) is 0 Å².